The number of amides is 1. The van der Waals surface area contributed by atoms with Crippen molar-refractivity contribution in [2.75, 3.05) is 13.1 Å². The molecule has 0 aliphatic carbocycles. The van der Waals surface area contributed by atoms with E-state index in [-0.39, 0.29) is 11.9 Å². The summed E-state index contributed by atoms with van der Waals surface area (Å²) in [7, 11) is 0. The first-order chi connectivity index (χ1) is 10.2. The number of nitrogens with one attached hydrogen (secondary N) is 2. The predicted molar refractivity (Wildman–Crippen MR) is 77.6 cm³/mol. The first-order valence-corrected chi connectivity index (χ1v) is 7.12. The van der Waals surface area contributed by atoms with Crippen LogP contribution in [0.4, 0.5) is 0 Å². The highest BCUT2D eigenvalue weighted by molar-refractivity contribution is 5.94. The van der Waals surface area contributed by atoms with Crippen LogP contribution in [-0.2, 0) is 0 Å². The fourth-order valence-corrected chi connectivity index (χ4v) is 2.50. The molecule has 110 valence electrons. The van der Waals surface area contributed by atoms with Crippen molar-refractivity contribution in [1.82, 2.24) is 20.8 Å². The monoisotopic (exact) mass is 286 g/mol. The van der Waals surface area contributed by atoms with E-state index in [2.05, 4.69) is 27.7 Å². The quantitative estimate of drug-likeness (QED) is 0.893. The molecule has 3 rings (SSSR count). The number of hydrogen-bond acceptors (Lipinski definition) is 5. The molecule has 2 N–H and O–H groups in total. The van der Waals surface area contributed by atoms with Gasteiger partial charge in [0.15, 0.2) is 0 Å². The van der Waals surface area contributed by atoms with Crippen molar-refractivity contribution in [2.45, 2.75) is 19.4 Å². The highest BCUT2D eigenvalue weighted by Crippen LogP contribution is 2.16. The van der Waals surface area contributed by atoms with Crippen molar-refractivity contribution in [1.29, 1.82) is 0 Å². The van der Waals surface area contributed by atoms with Crippen LogP contribution < -0.4 is 10.6 Å². The van der Waals surface area contributed by atoms with Gasteiger partial charge in [0, 0.05) is 23.7 Å². The summed E-state index contributed by atoms with van der Waals surface area (Å²) in [5.41, 5.74) is 1.47. The van der Waals surface area contributed by atoms with Gasteiger partial charge in [-0.25, -0.2) is 0 Å². The Morgan fingerprint density at radius 2 is 2.19 bits per heavy atom. The van der Waals surface area contributed by atoms with Crippen molar-refractivity contribution < 1.29 is 9.32 Å². The largest absolute Gasteiger partial charge is 0.348 e. The van der Waals surface area contributed by atoms with Crippen LogP contribution in [0.1, 0.15) is 23.7 Å². The van der Waals surface area contributed by atoms with Gasteiger partial charge in [-0.2, -0.15) is 4.98 Å². The van der Waals surface area contributed by atoms with Gasteiger partial charge in [-0.1, -0.05) is 24.2 Å². The molecule has 0 bridgehead atoms. The molecule has 2 aromatic rings. The predicted octanol–water partition coefficient (Wildman–Crippen LogP) is 1.46. The van der Waals surface area contributed by atoms with Crippen LogP contribution in [0, 0.1) is 5.92 Å². The third-order valence-corrected chi connectivity index (χ3v) is 3.91. The van der Waals surface area contributed by atoms with E-state index in [9.17, 15) is 4.79 Å². The molecule has 0 saturated carbocycles. The van der Waals surface area contributed by atoms with Gasteiger partial charge in [0.1, 0.15) is 0 Å². The van der Waals surface area contributed by atoms with Crippen LogP contribution in [-0.4, -0.2) is 35.2 Å². The molecule has 1 aromatic heterocycles. The molecule has 1 aromatic carbocycles. The summed E-state index contributed by atoms with van der Waals surface area (Å²) in [5, 5.41) is 10.2. The Labute approximate surface area is 122 Å². The number of aromatic nitrogens is 2. The van der Waals surface area contributed by atoms with Crippen LogP contribution in [0.2, 0.25) is 0 Å². The molecule has 0 spiro atoms. The number of carbonyl (C=O) groups is 1. The molecule has 1 amide bonds. The molecule has 2 atom stereocenters. The molecule has 2 unspecified atom stereocenters. The van der Waals surface area contributed by atoms with Crippen LogP contribution >= 0.6 is 0 Å². The van der Waals surface area contributed by atoms with Gasteiger partial charge in [0.05, 0.1) is 0 Å². The van der Waals surface area contributed by atoms with E-state index < -0.39 is 0 Å². The van der Waals surface area contributed by atoms with Gasteiger partial charge in [-0.15, -0.1) is 0 Å². The zero-order valence-electron chi connectivity index (χ0n) is 11.9. The summed E-state index contributed by atoms with van der Waals surface area (Å²) in [6.45, 7) is 4.02. The van der Waals surface area contributed by atoms with E-state index in [4.69, 9.17) is 4.52 Å². The summed E-state index contributed by atoms with van der Waals surface area (Å²) >= 11 is 0. The molecular formula is C15H18N4O2. The maximum absolute atomic E-state index is 12.3. The standard InChI is InChI=1S/C15H18N4O2/c1-10-6-7-16-8-13(10)18-15(20)12-4-2-11(3-5-12)14-17-9-21-19-14/h2-5,9-10,13,16H,6-8H2,1H3,(H,18,20). The van der Waals surface area contributed by atoms with Crippen LogP contribution in [0.15, 0.2) is 35.2 Å². The number of hydrogen-bond donors (Lipinski definition) is 2. The Morgan fingerprint density at radius 3 is 2.86 bits per heavy atom. The van der Waals surface area contributed by atoms with Gasteiger partial charge in [0.25, 0.3) is 5.91 Å². The lowest BCUT2D eigenvalue weighted by atomic mass is 9.94. The van der Waals surface area contributed by atoms with Crippen molar-refractivity contribution in [3.05, 3.63) is 36.2 Å². The molecule has 2 heterocycles. The van der Waals surface area contributed by atoms with Crippen molar-refractivity contribution >= 4 is 5.91 Å². The zero-order valence-corrected chi connectivity index (χ0v) is 11.9. The molecule has 1 aliphatic heterocycles. The number of nitrogens with zero attached hydrogens (tertiary/aromatic N) is 2. The van der Waals surface area contributed by atoms with Gasteiger partial charge >= 0.3 is 0 Å². The first kappa shape index (κ1) is 13.8. The van der Waals surface area contributed by atoms with Crippen molar-refractivity contribution in [2.24, 2.45) is 5.92 Å². The lowest BCUT2D eigenvalue weighted by molar-refractivity contribution is 0.0915. The van der Waals surface area contributed by atoms with Gasteiger partial charge in [-0.3, -0.25) is 4.79 Å². The molecule has 1 saturated heterocycles. The molecule has 21 heavy (non-hydrogen) atoms. The third kappa shape index (κ3) is 3.11. The van der Waals surface area contributed by atoms with Gasteiger partial charge < -0.3 is 15.2 Å². The summed E-state index contributed by atoms with van der Waals surface area (Å²) < 4.78 is 4.71. The smallest absolute Gasteiger partial charge is 0.251 e. The van der Waals surface area contributed by atoms with E-state index in [1.807, 2.05) is 12.1 Å². The third-order valence-electron chi connectivity index (χ3n) is 3.91. The van der Waals surface area contributed by atoms with Crippen molar-refractivity contribution in [3.63, 3.8) is 0 Å². The average molecular weight is 286 g/mol. The van der Waals surface area contributed by atoms with Crippen LogP contribution in [0.5, 0.6) is 0 Å². The summed E-state index contributed by atoms with van der Waals surface area (Å²) in [6, 6.07) is 7.39. The minimum absolute atomic E-state index is 0.0461. The van der Waals surface area contributed by atoms with E-state index in [1.54, 1.807) is 12.1 Å². The number of benzene rings is 1. The van der Waals surface area contributed by atoms with E-state index >= 15 is 0 Å². The second-order valence-electron chi connectivity index (χ2n) is 5.38. The summed E-state index contributed by atoms with van der Waals surface area (Å²) in [5.74, 6) is 0.969. The minimum Gasteiger partial charge on any atom is -0.348 e. The zero-order chi connectivity index (χ0) is 14.7. The Balaban J connectivity index is 1.67. The second kappa shape index (κ2) is 6.05. The Hall–Kier alpha value is -2.21. The maximum atomic E-state index is 12.3. The van der Waals surface area contributed by atoms with Crippen LogP contribution in [0.25, 0.3) is 11.4 Å². The minimum atomic E-state index is -0.0461. The fourth-order valence-electron chi connectivity index (χ4n) is 2.50. The highest BCUT2D eigenvalue weighted by Gasteiger charge is 2.23. The van der Waals surface area contributed by atoms with E-state index in [0.29, 0.717) is 17.3 Å². The molecular weight excluding hydrogens is 268 g/mol. The molecule has 0 radical (unpaired) electrons. The average Bonchev–Trinajstić information content (AvgIpc) is 3.04. The van der Waals surface area contributed by atoms with Crippen LogP contribution in [0.3, 0.4) is 0 Å². The highest BCUT2D eigenvalue weighted by atomic mass is 16.5. The molecule has 1 aliphatic rings. The normalized spacial score (nSPS) is 22.0. The first-order valence-electron chi connectivity index (χ1n) is 7.12. The Bertz CT molecular complexity index is 595. The van der Waals surface area contributed by atoms with Gasteiger partial charge in [0.2, 0.25) is 12.2 Å². The Morgan fingerprint density at radius 1 is 1.38 bits per heavy atom. The lowest BCUT2D eigenvalue weighted by Gasteiger charge is -2.30. The fraction of sp³-hybridized carbons (Fsp3) is 0.400. The summed E-state index contributed by atoms with van der Waals surface area (Å²) in [6.07, 6.45) is 2.37. The SMILES string of the molecule is CC1CCNCC1NC(=O)c1ccc(-c2ncon2)cc1. The number of piperidine rings is 1. The molecule has 1 fully saturated rings. The number of rotatable bonds is 3. The van der Waals surface area contributed by atoms with E-state index in [0.717, 1.165) is 25.1 Å². The van der Waals surface area contributed by atoms with E-state index in [1.165, 1.54) is 6.39 Å². The lowest BCUT2D eigenvalue weighted by Crippen LogP contribution is -2.50. The second-order valence-corrected chi connectivity index (χ2v) is 5.38. The topological polar surface area (TPSA) is 80.0 Å². The van der Waals surface area contributed by atoms with Gasteiger partial charge in [-0.05, 0) is 31.0 Å². The number of carbonyl (C=O) groups excluding carboxylic acids is 1. The summed E-state index contributed by atoms with van der Waals surface area (Å²) in [4.78, 5) is 16.2. The molecule has 6 nitrogen and oxygen atoms in total. The Kier molecular flexibility index (Phi) is 3.96. The maximum Gasteiger partial charge on any atom is 0.251 e. The molecule has 6 heteroatoms. The van der Waals surface area contributed by atoms with Crippen molar-refractivity contribution in [3.8, 4) is 11.4 Å².